The van der Waals surface area contributed by atoms with Gasteiger partial charge in [0.15, 0.2) is 5.75 Å². The second kappa shape index (κ2) is 6.53. The molecule has 0 aliphatic carbocycles. The maximum Gasteiger partial charge on any atom is 0.178 e. The fourth-order valence-corrected chi connectivity index (χ4v) is 3.32. The Morgan fingerprint density at radius 3 is 2.22 bits per heavy atom. The summed E-state index contributed by atoms with van der Waals surface area (Å²) in [5.74, 6) is 0.0816. The SMILES string of the molecule is Cc1ccc(N(C)C2CCN(c3ccc([O])cc3)CC2)cc1C. The average molecular weight is 309 g/mol. The van der Waals surface area contributed by atoms with Gasteiger partial charge in [0.05, 0.1) is 0 Å². The van der Waals surface area contributed by atoms with Crippen molar-refractivity contribution < 1.29 is 5.11 Å². The first-order chi connectivity index (χ1) is 11.0. The minimum absolute atomic E-state index is 0.0816. The molecule has 3 rings (SSSR count). The van der Waals surface area contributed by atoms with Crippen LogP contribution < -0.4 is 9.80 Å². The molecule has 1 heterocycles. The predicted molar refractivity (Wildman–Crippen MR) is 96.1 cm³/mol. The van der Waals surface area contributed by atoms with Crippen molar-refractivity contribution in [2.24, 2.45) is 0 Å². The number of nitrogens with zero attached hydrogens (tertiary/aromatic N) is 2. The number of rotatable bonds is 3. The summed E-state index contributed by atoms with van der Waals surface area (Å²) in [4.78, 5) is 4.80. The van der Waals surface area contributed by atoms with Gasteiger partial charge in [-0.25, -0.2) is 0 Å². The average Bonchev–Trinajstić information content (AvgIpc) is 2.57. The van der Waals surface area contributed by atoms with Gasteiger partial charge >= 0.3 is 0 Å². The molecule has 3 heteroatoms. The highest BCUT2D eigenvalue weighted by molar-refractivity contribution is 5.52. The number of aryl methyl sites for hydroxylation is 2. The lowest BCUT2D eigenvalue weighted by Gasteiger charge is -2.39. The van der Waals surface area contributed by atoms with Crippen molar-refractivity contribution in [2.75, 3.05) is 29.9 Å². The summed E-state index contributed by atoms with van der Waals surface area (Å²) in [6.07, 6.45) is 2.28. The molecule has 121 valence electrons. The van der Waals surface area contributed by atoms with E-state index in [9.17, 15) is 5.11 Å². The maximum absolute atomic E-state index is 11.2. The van der Waals surface area contributed by atoms with Crippen molar-refractivity contribution in [3.8, 4) is 5.75 Å². The molecule has 0 bridgehead atoms. The molecule has 2 aromatic rings. The topological polar surface area (TPSA) is 26.4 Å². The molecule has 3 nitrogen and oxygen atoms in total. The van der Waals surface area contributed by atoms with E-state index in [0.717, 1.165) is 31.6 Å². The van der Waals surface area contributed by atoms with Gasteiger partial charge in [-0.3, -0.25) is 5.11 Å². The van der Waals surface area contributed by atoms with Gasteiger partial charge in [-0.2, -0.15) is 0 Å². The minimum Gasteiger partial charge on any atom is -0.371 e. The lowest BCUT2D eigenvalue weighted by Crippen LogP contribution is -2.43. The Hall–Kier alpha value is -2.16. The summed E-state index contributed by atoms with van der Waals surface area (Å²) >= 11 is 0. The highest BCUT2D eigenvalue weighted by atomic mass is 16.3. The largest absolute Gasteiger partial charge is 0.371 e. The van der Waals surface area contributed by atoms with E-state index in [1.165, 1.54) is 16.8 Å². The van der Waals surface area contributed by atoms with E-state index in [1.54, 1.807) is 12.1 Å². The van der Waals surface area contributed by atoms with Crippen LogP contribution in [0.2, 0.25) is 0 Å². The lowest BCUT2D eigenvalue weighted by atomic mass is 10.0. The van der Waals surface area contributed by atoms with E-state index >= 15 is 0 Å². The normalized spacial score (nSPS) is 15.7. The molecule has 1 radical (unpaired) electrons. The fraction of sp³-hybridized carbons (Fsp3) is 0.400. The zero-order valence-electron chi connectivity index (χ0n) is 14.2. The van der Waals surface area contributed by atoms with Crippen molar-refractivity contribution in [2.45, 2.75) is 32.7 Å². The fourth-order valence-electron chi connectivity index (χ4n) is 3.32. The number of piperidine rings is 1. The predicted octanol–water partition coefficient (Wildman–Crippen LogP) is 4.55. The van der Waals surface area contributed by atoms with Crippen LogP contribution in [0.3, 0.4) is 0 Å². The van der Waals surface area contributed by atoms with Crippen molar-refractivity contribution in [1.82, 2.24) is 0 Å². The highest BCUT2D eigenvalue weighted by Crippen LogP contribution is 2.27. The van der Waals surface area contributed by atoms with Crippen molar-refractivity contribution in [3.05, 3.63) is 53.6 Å². The molecular weight excluding hydrogens is 284 g/mol. The Bertz CT molecular complexity index is 658. The Kier molecular flexibility index (Phi) is 4.46. The van der Waals surface area contributed by atoms with Crippen LogP contribution in [0.25, 0.3) is 0 Å². The van der Waals surface area contributed by atoms with E-state index < -0.39 is 0 Å². The van der Waals surface area contributed by atoms with E-state index in [4.69, 9.17) is 0 Å². The number of anilines is 2. The molecule has 0 N–H and O–H groups in total. The molecule has 0 spiro atoms. The third-order valence-electron chi connectivity index (χ3n) is 5.11. The van der Waals surface area contributed by atoms with Crippen LogP contribution in [0.1, 0.15) is 24.0 Å². The molecule has 0 aromatic heterocycles. The summed E-state index contributed by atoms with van der Waals surface area (Å²) in [7, 11) is 2.21. The van der Waals surface area contributed by atoms with Crippen LogP contribution in [0.5, 0.6) is 5.75 Å². The van der Waals surface area contributed by atoms with E-state index in [-0.39, 0.29) is 5.75 Å². The monoisotopic (exact) mass is 309 g/mol. The maximum atomic E-state index is 11.2. The first kappa shape index (κ1) is 15.7. The summed E-state index contributed by atoms with van der Waals surface area (Å²) in [6.45, 7) is 6.41. The van der Waals surface area contributed by atoms with Crippen LogP contribution in [-0.2, 0) is 5.11 Å². The number of benzene rings is 2. The van der Waals surface area contributed by atoms with Gasteiger partial charge in [-0.1, -0.05) is 6.07 Å². The summed E-state index contributed by atoms with van der Waals surface area (Å²) < 4.78 is 0. The molecule has 1 fully saturated rings. The molecule has 0 unspecified atom stereocenters. The first-order valence-electron chi connectivity index (χ1n) is 8.37. The molecule has 1 aliphatic heterocycles. The van der Waals surface area contributed by atoms with E-state index in [0.29, 0.717) is 6.04 Å². The van der Waals surface area contributed by atoms with Crippen molar-refractivity contribution in [1.29, 1.82) is 0 Å². The quantitative estimate of drug-likeness (QED) is 0.831. The first-order valence-corrected chi connectivity index (χ1v) is 8.37. The van der Waals surface area contributed by atoms with Gasteiger partial charge in [-0.15, -0.1) is 0 Å². The Morgan fingerprint density at radius 1 is 0.957 bits per heavy atom. The second-order valence-corrected chi connectivity index (χ2v) is 6.59. The van der Waals surface area contributed by atoms with Crippen molar-refractivity contribution in [3.63, 3.8) is 0 Å². The van der Waals surface area contributed by atoms with Gasteiger partial charge < -0.3 is 9.80 Å². The third kappa shape index (κ3) is 3.44. The minimum atomic E-state index is 0.0816. The third-order valence-corrected chi connectivity index (χ3v) is 5.11. The highest BCUT2D eigenvalue weighted by Gasteiger charge is 2.23. The number of hydrogen-bond acceptors (Lipinski definition) is 2. The zero-order valence-corrected chi connectivity index (χ0v) is 14.2. The second-order valence-electron chi connectivity index (χ2n) is 6.59. The van der Waals surface area contributed by atoms with Crippen molar-refractivity contribution >= 4 is 11.4 Å². The van der Waals surface area contributed by atoms with E-state index in [1.807, 2.05) is 12.1 Å². The summed E-state index contributed by atoms with van der Waals surface area (Å²) in [6, 6.07) is 14.5. The van der Waals surface area contributed by atoms with Gasteiger partial charge in [0, 0.05) is 37.6 Å². The molecule has 2 aromatic carbocycles. The Labute approximate surface area is 139 Å². The van der Waals surface area contributed by atoms with Crippen LogP contribution in [0.15, 0.2) is 42.5 Å². The summed E-state index contributed by atoms with van der Waals surface area (Å²) in [5, 5.41) is 11.2. The summed E-state index contributed by atoms with van der Waals surface area (Å²) in [5.41, 5.74) is 5.17. The molecule has 1 saturated heterocycles. The van der Waals surface area contributed by atoms with Crippen LogP contribution in [0, 0.1) is 13.8 Å². The number of hydrogen-bond donors (Lipinski definition) is 0. The van der Waals surface area contributed by atoms with Crippen LogP contribution in [-0.4, -0.2) is 26.2 Å². The molecule has 0 amide bonds. The standard InChI is InChI=1S/C20H25N2O/c1-15-4-5-19(14-16(15)2)21(3)17-10-12-22(13-11-17)18-6-8-20(23)9-7-18/h4-9,14,17H,10-13H2,1-3H3. The van der Waals surface area contributed by atoms with E-state index in [2.05, 4.69) is 48.9 Å². The molecule has 1 aliphatic rings. The molecular formula is C20H25N2O. The zero-order chi connectivity index (χ0) is 16.4. The van der Waals surface area contributed by atoms with Gasteiger partial charge in [-0.05, 0) is 74.2 Å². The van der Waals surface area contributed by atoms with Gasteiger partial charge in [0.2, 0.25) is 0 Å². The lowest BCUT2D eigenvalue weighted by molar-refractivity contribution is 0.355. The van der Waals surface area contributed by atoms with Gasteiger partial charge in [0.25, 0.3) is 0 Å². The van der Waals surface area contributed by atoms with Gasteiger partial charge in [0.1, 0.15) is 0 Å². The molecule has 0 atom stereocenters. The molecule has 0 saturated carbocycles. The molecule has 23 heavy (non-hydrogen) atoms. The Balaban J connectivity index is 1.63. The smallest absolute Gasteiger partial charge is 0.178 e. The van der Waals surface area contributed by atoms with Crippen LogP contribution in [0.4, 0.5) is 11.4 Å². The Morgan fingerprint density at radius 2 is 1.61 bits per heavy atom. The van der Waals surface area contributed by atoms with Crippen LogP contribution >= 0.6 is 0 Å².